The Bertz CT molecular complexity index is 645. The maximum atomic E-state index is 12.0. The Morgan fingerprint density at radius 3 is 2.77 bits per heavy atom. The van der Waals surface area contributed by atoms with Gasteiger partial charge in [-0.2, -0.15) is 0 Å². The molecule has 0 amide bonds. The fourth-order valence-corrected chi connectivity index (χ4v) is 3.94. The fourth-order valence-electron chi connectivity index (χ4n) is 2.42. The monoisotopic (exact) mass is 327 g/mol. The molecule has 0 radical (unpaired) electrons. The average molecular weight is 327 g/mol. The van der Waals surface area contributed by atoms with Crippen molar-refractivity contribution < 1.29 is 17.9 Å². The summed E-state index contributed by atoms with van der Waals surface area (Å²) in [5.74, 6) is -0.498. The number of hydrogen-bond donors (Lipinski definition) is 0. The summed E-state index contributed by atoms with van der Waals surface area (Å²) in [7, 11) is -2.01. The van der Waals surface area contributed by atoms with Gasteiger partial charge >= 0.3 is 5.97 Å². The van der Waals surface area contributed by atoms with Gasteiger partial charge in [0.05, 0.1) is 24.5 Å². The van der Waals surface area contributed by atoms with Crippen molar-refractivity contribution in [3.05, 3.63) is 18.1 Å². The molecule has 1 aromatic heterocycles. The number of aromatic nitrogens is 2. The first-order valence-electron chi connectivity index (χ1n) is 7.17. The molecule has 0 N–H and O–H groups in total. The van der Waals surface area contributed by atoms with Crippen LogP contribution in [0.5, 0.6) is 0 Å². The normalized spacial score (nSPS) is 21.5. The fraction of sp³-hybridized carbons (Fsp3) is 0.643. The molecule has 1 aliphatic heterocycles. The van der Waals surface area contributed by atoms with Crippen LogP contribution in [0.2, 0.25) is 0 Å². The summed E-state index contributed by atoms with van der Waals surface area (Å²) in [6.45, 7) is 4.64. The van der Waals surface area contributed by atoms with Crippen LogP contribution in [0.4, 0.5) is 5.82 Å². The molecule has 1 atom stereocenters. The van der Waals surface area contributed by atoms with Crippen molar-refractivity contribution in [3.8, 4) is 0 Å². The van der Waals surface area contributed by atoms with Crippen LogP contribution in [0.3, 0.4) is 0 Å². The molecule has 1 aliphatic rings. The van der Waals surface area contributed by atoms with E-state index in [2.05, 4.69) is 9.97 Å². The lowest BCUT2D eigenvalue weighted by molar-refractivity contribution is -0.144. The van der Waals surface area contributed by atoms with Gasteiger partial charge in [-0.1, -0.05) is 13.8 Å². The minimum Gasteiger partial charge on any atom is -0.469 e. The molecule has 122 valence electrons. The topological polar surface area (TPSA) is 89.5 Å². The molecule has 1 saturated heterocycles. The quantitative estimate of drug-likeness (QED) is 0.752. The van der Waals surface area contributed by atoms with Gasteiger partial charge in [0.25, 0.3) is 0 Å². The lowest BCUT2D eigenvalue weighted by Gasteiger charge is -2.24. The molecule has 0 aliphatic carbocycles. The molecule has 0 bridgehead atoms. The zero-order chi connectivity index (χ0) is 16.3. The Kier molecular flexibility index (Phi) is 5.00. The van der Waals surface area contributed by atoms with E-state index in [1.54, 1.807) is 0 Å². The molecule has 22 heavy (non-hydrogen) atoms. The Hall–Kier alpha value is -1.70. The second-order valence-electron chi connectivity index (χ2n) is 5.74. The van der Waals surface area contributed by atoms with Crippen LogP contribution >= 0.6 is 0 Å². The van der Waals surface area contributed by atoms with Crippen LogP contribution < -0.4 is 4.90 Å². The summed E-state index contributed by atoms with van der Waals surface area (Å²) < 4.78 is 28.7. The molecule has 8 heteroatoms. The van der Waals surface area contributed by atoms with Crippen LogP contribution in [0.15, 0.2) is 12.4 Å². The number of carbonyl (C=O) groups excluding carboxylic acids is 1. The van der Waals surface area contributed by atoms with E-state index >= 15 is 0 Å². The highest BCUT2D eigenvalue weighted by atomic mass is 32.2. The van der Waals surface area contributed by atoms with Crippen LogP contribution in [0.1, 0.15) is 25.5 Å². The summed E-state index contributed by atoms with van der Waals surface area (Å²) in [5, 5.41) is 0. The third kappa shape index (κ3) is 3.94. The number of ether oxygens (including phenoxy) is 1. The summed E-state index contributed by atoms with van der Waals surface area (Å²) in [5.41, 5.74) is 0.881. The molecule has 7 nitrogen and oxygen atoms in total. The van der Waals surface area contributed by atoms with Gasteiger partial charge < -0.3 is 9.64 Å². The average Bonchev–Trinajstić information content (AvgIpc) is 2.65. The number of esters is 1. The highest BCUT2D eigenvalue weighted by Crippen LogP contribution is 2.21. The largest absolute Gasteiger partial charge is 0.469 e. The van der Waals surface area contributed by atoms with Crippen molar-refractivity contribution in [1.82, 2.24) is 9.97 Å². The van der Waals surface area contributed by atoms with Gasteiger partial charge in [0.1, 0.15) is 12.1 Å². The molecule has 1 fully saturated rings. The van der Waals surface area contributed by atoms with Gasteiger partial charge in [-0.15, -0.1) is 0 Å². The first-order chi connectivity index (χ1) is 10.3. The lowest BCUT2D eigenvalue weighted by atomic mass is 10.1. The van der Waals surface area contributed by atoms with Crippen molar-refractivity contribution >= 4 is 21.6 Å². The SMILES string of the molecule is COC(=O)[C@@H]1CN(c2cc(C(C)C)ncn2)CCS(=O)(=O)C1. The number of methoxy groups -OCH3 is 1. The molecule has 0 spiro atoms. The highest BCUT2D eigenvalue weighted by Gasteiger charge is 2.32. The van der Waals surface area contributed by atoms with E-state index in [1.165, 1.54) is 13.4 Å². The third-order valence-corrected chi connectivity index (χ3v) is 5.41. The summed E-state index contributed by atoms with van der Waals surface area (Å²) in [6, 6.07) is 1.84. The summed E-state index contributed by atoms with van der Waals surface area (Å²) >= 11 is 0. The highest BCUT2D eigenvalue weighted by molar-refractivity contribution is 7.91. The van der Waals surface area contributed by atoms with Crippen molar-refractivity contribution in [2.45, 2.75) is 19.8 Å². The van der Waals surface area contributed by atoms with Crippen molar-refractivity contribution in [1.29, 1.82) is 0 Å². The van der Waals surface area contributed by atoms with Gasteiger partial charge in [0.2, 0.25) is 0 Å². The van der Waals surface area contributed by atoms with Crippen molar-refractivity contribution in [2.24, 2.45) is 5.92 Å². The Morgan fingerprint density at radius 2 is 2.14 bits per heavy atom. The maximum absolute atomic E-state index is 12.0. The minimum absolute atomic E-state index is 0.00150. The first-order valence-corrected chi connectivity index (χ1v) is 8.99. The number of anilines is 1. The van der Waals surface area contributed by atoms with Gasteiger partial charge in [0, 0.05) is 24.8 Å². The van der Waals surface area contributed by atoms with E-state index < -0.39 is 21.7 Å². The van der Waals surface area contributed by atoms with Gasteiger partial charge in [-0.3, -0.25) is 4.79 Å². The minimum atomic E-state index is -3.28. The predicted molar refractivity (Wildman–Crippen MR) is 82.5 cm³/mol. The zero-order valence-corrected chi connectivity index (χ0v) is 13.8. The zero-order valence-electron chi connectivity index (χ0n) is 13.0. The van der Waals surface area contributed by atoms with Crippen LogP contribution in [0.25, 0.3) is 0 Å². The number of sulfone groups is 1. The van der Waals surface area contributed by atoms with Gasteiger partial charge in [-0.05, 0) is 5.92 Å². The van der Waals surface area contributed by atoms with E-state index in [9.17, 15) is 13.2 Å². The molecule has 1 aromatic rings. The predicted octanol–water partition coefficient (Wildman–Crippen LogP) is 0.624. The maximum Gasteiger partial charge on any atom is 0.311 e. The van der Waals surface area contributed by atoms with Crippen molar-refractivity contribution in [2.75, 3.05) is 36.6 Å². The van der Waals surface area contributed by atoms with E-state index in [0.717, 1.165) is 5.69 Å². The second-order valence-corrected chi connectivity index (χ2v) is 7.96. The second kappa shape index (κ2) is 6.60. The smallest absolute Gasteiger partial charge is 0.311 e. The van der Waals surface area contributed by atoms with E-state index in [4.69, 9.17) is 4.74 Å². The number of nitrogens with zero attached hydrogens (tertiary/aromatic N) is 3. The summed E-state index contributed by atoms with van der Waals surface area (Å²) in [4.78, 5) is 22.1. The molecule has 2 rings (SSSR count). The molecular formula is C14H21N3O4S. The van der Waals surface area contributed by atoms with Crippen molar-refractivity contribution in [3.63, 3.8) is 0 Å². The molecule has 2 heterocycles. The molecule has 0 unspecified atom stereocenters. The van der Waals surface area contributed by atoms with Gasteiger partial charge in [-0.25, -0.2) is 18.4 Å². The van der Waals surface area contributed by atoms with Crippen LogP contribution in [-0.4, -0.2) is 56.1 Å². The number of rotatable bonds is 3. The number of carbonyl (C=O) groups is 1. The molecule has 0 saturated carbocycles. The van der Waals surface area contributed by atoms with Crippen LogP contribution in [0, 0.1) is 5.92 Å². The third-order valence-electron chi connectivity index (χ3n) is 3.69. The first kappa shape index (κ1) is 16.7. The van der Waals surface area contributed by atoms with E-state index in [-0.39, 0.29) is 24.0 Å². The van der Waals surface area contributed by atoms with Crippen LogP contribution in [-0.2, 0) is 19.4 Å². The Labute approximate surface area is 130 Å². The molecule has 0 aromatic carbocycles. The summed E-state index contributed by atoms with van der Waals surface area (Å²) in [6.07, 6.45) is 1.47. The Morgan fingerprint density at radius 1 is 1.41 bits per heavy atom. The number of hydrogen-bond acceptors (Lipinski definition) is 7. The Balaban J connectivity index is 2.30. The van der Waals surface area contributed by atoms with E-state index in [1.807, 2.05) is 24.8 Å². The molecular weight excluding hydrogens is 306 g/mol. The standard InChI is InChI=1S/C14H21N3O4S/c1-10(2)12-6-13(16-9-15-12)17-4-5-22(19,20)8-11(7-17)14(18)21-3/h6,9-11H,4-5,7-8H2,1-3H3/t11-/m1/s1. The lowest BCUT2D eigenvalue weighted by Crippen LogP contribution is -2.34. The van der Waals surface area contributed by atoms with Gasteiger partial charge in [0.15, 0.2) is 9.84 Å². The van der Waals surface area contributed by atoms with E-state index in [0.29, 0.717) is 12.4 Å².